The van der Waals surface area contributed by atoms with E-state index < -0.39 is 0 Å². The van der Waals surface area contributed by atoms with Gasteiger partial charge in [-0.05, 0) is 32.3 Å². The lowest BCUT2D eigenvalue weighted by Crippen LogP contribution is -2.39. The van der Waals surface area contributed by atoms with E-state index in [9.17, 15) is 0 Å². The molecule has 0 amide bonds. The summed E-state index contributed by atoms with van der Waals surface area (Å²) in [5.41, 5.74) is 1.16. The molecule has 2 heterocycles. The number of nitrogens with one attached hydrogen (secondary N) is 1. The largest absolute Gasteiger partial charge is 0.376 e. The molecular formula is C16H28ClIN4O. The van der Waals surface area contributed by atoms with E-state index in [-0.39, 0.29) is 30.1 Å². The van der Waals surface area contributed by atoms with Gasteiger partial charge in [-0.3, -0.25) is 4.99 Å². The number of halogens is 2. The number of ether oxygens (including phenoxy) is 1. The van der Waals surface area contributed by atoms with Crippen molar-refractivity contribution in [3.8, 4) is 0 Å². The first kappa shape index (κ1) is 20.6. The van der Waals surface area contributed by atoms with Crippen LogP contribution in [0.1, 0.15) is 31.9 Å². The molecule has 1 aromatic heterocycles. The zero-order valence-electron chi connectivity index (χ0n) is 14.2. The van der Waals surface area contributed by atoms with Gasteiger partial charge in [-0.25, -0.2) is 0 Å². The average molecular weight is 455 g/mol. The average Bonchev–Trinajstić information content (AvgIpc) is 2.82. The molecule has 1 fully saturated rings. The third-order valence-electron chi connectivity index (χ3n) is 3.89. The van der Waals surface area contributed by atoms with E-state index in [1.807, 2.05) is 30.9 Å². The maximum absolute atomic E-state index is 6.05. The first-order chi connectivity index (χ1) is 10.6. The predicted octanol–water partition coefficient (Wildman–Crippen LogP) is 3.26. The topological polar surface area (TPSA) is 41.8 Å². The normalized spacial score (nSPS) is 18.4. The first-order valence-corrected chi connectivity index (χ1v) is 8.39. The van der Waals surface area contributed by atoms with Crippen molar-refractivity contribution < 1.29 is 4.74 Å². The molecule has 0 bridgehead atoms. The molecule has 0 spiro atoms. The summed E-state index contributed by atoms with van der Waals surface area (Å²) in [4.78, 5) is 6.86. The van der Waals surface area contributed by atoms with Gasteiger partial charge in [-0.15, -0.1) is 24.0 Å². The molecule has 0 radical (unpaired) electrons. The summed E-state index contributed by atoms with van der Waals surface area (Å²) < 4.78 is 7.80. The van der Waals surface area contributed by atoms with Gasteiger partial charge in [0.05, 0.1) is 24.2 Å². The molecule has 0 aromatic carbocycles. The molecule has 2 rings (SSSR count). The molecule has 1 saturated heterocycles. The van der Waals surface area contributed by atoms with Crippen LogP contribution in [0.3, 0.4) is 0 Å². The Morgan fingerprint density at radius 2 is 2.30 bits per heavy atom. The van der Waals surface area contributed by atoms with Crippen molar-refractivity contribution in [2.75, 3.05) is 26.7 Å². The lowest BCUT2D eigenvalue weighted by Gasteiger charge is -2.25. The first-order valence-electron chi connectivity index (χ1n) is 8.02. The second-order valence-corrected chi connectivity index (χ2v) is 6.24. The Kier molecular flexibility index (Phi) is 9.31. The summed E-state index contributed by atoms with van der Waals surface area (Å²) in [6, 6.07) is 1.99. The van der Waals surface area contributed by atoms with Gasteiger partial charge in [-0.1, -0.05) is 11.6 Å². The van der Waals surface area contributed by atoms with Crippen LogP contribution < -0.4 is 5.32 Å². The highest BCUT2D eigenvalue weighted by atomic mass is 127. The van der Waals surface area contributed by atoms with E-state index >= 15 is 0 Å². The zero-order valence-corrected chi connectivity index (χ0v) is 17.3. The van der Waals surface area contributed by atoms with Crippen LogP contribution in [0.25, 0.3) is 0 Å². The highest BCUT2D eigenvalue weighted by molar-refractivity contribution is 14.0. The van der Waals surface area contributed by atoms with Crippen molar-refractivity contribution >= 4 is 41.5 Å². The van der Waals surface area contributed by atoms with Gasteiger partial charge in [0.25, 0.3) is 0 Å². The van der Waals surface area contributed by atoms with Crippen LogP contribution in [0.15, 0.2) is 17.3 Å². The molecule has 1 aromatic rings. The molecular weight excluding hydrogens is 427 g/mol. The fourth-order valence-corrected chi connectivity index (χ4v) is 2.92. The number of guanidine groups is 1. The highest BCUT2D eigenvalue weighted by Crippen LogP contribution is 2.15. The van der Waals surface area contributed by atoms with Crippen LogP contribution in [0, 0.1) is 0 Å². The van der Waals surface area contributed by atoms with E-state index in [1.165, 1.54) is 12.8 Å². The summed E-state index contributed by atoms with van der Waals surface area (Å²) >= 11 is 6.05. The lowest BCUT2D eigenvalue weighted by atomic mass is 10.1. The molecule has 0 saturated carbocycles. The molecule has 1 aliphatic rings. The Labute approximate surface area is 161 Å². The van der Waals surface area contributed by atoms with E-state index in [2.05, 4.69) is 17.1 Å². The number of rotatable bonds is 5. The molecule has 1 atom stereocenters. The third kappa shape index (κ3) is 6.51. The molecule has 1 aliphatic heterocycles. The monoisotopic (exact) mass is 454 g/mol. The van der Waals surface area contributed by atoms with Crippen molar-refractivity contribution in [1.29, 1.82) is 0 Å². The summed E-state index contributed by atoms with van der Waals surface area (Å²) in [5.74, 6) is 0.911. The van der Waals surface area contributed by atoms with Gasteiger partial charge < -0.3 is 19.5 Å². The number of hydrogen-bond donors (Lipinski definition) is 1. The van der Waals surface area contributed by atoms with E-state index in [0.29, 0.717) is 0 Å². The van der Waals surface area contributed by atoms with E-state index in [4.69, 9.17) is 21.3 Å². The second kappa shape index (κ2) is 10.4. The predicted molar refractivity (Wildman–Crippen MR) is 107 cm³/mol. The zero-order chi connectivity index (χ0) is 15.9. The number of hydrogen-bond acceptors (Lipinski definition) is 2. The van der Waals surface area contributed by atoms with Gasteiger partial charge in [0, 0.05) is 39.1 Å². The lowest BCUT2D eigenvalue weighted by molar-refractivity contribution is 0.0223. The van der Waals surface area contributed by atoms with Gasteiger partial charge >= 0.3 is 0 Å². The van der Waals surface area contributed by atoms with Gasteiger partial charge in [0.2, 0.25) is 0 Å². The molecule has 5 nitrogen and oxygen atoms in total. The number of nitrogens with zero attached hydrogens (tertiary/aromatic N) is 3. The smallest absolute Gasteiger partial charge is 0.194 e. The van der Waals surface area contributed by atoms with Crippen LogP contribution in [-0.2, 0) is 18.3 Å². The van der Waals surface area contributed by atoms with Gasteiger partial charge in [0.15, 0.2) is 5.96 Å². The van der Waals surface area contributed by atoms with E-state index in [1.54, 1.807) is 0 Å². The fourth-order valence-electron chi connectivity index (χ4n) is 2.65. The Morgan fingerprint density at radius 3 is 2.87 bits per heavy atom. The summed E-state index contributed by atoms with van der Waals surface area (Å²) in [6.07, 6.45) is 5.72. The standard InChI is InChI=1S/C16H27ClN4O.HI/c1-4-18-16(19-10-15-7-5-6-8-22-15)21(3)12-14-9-13(17)11-20(14)2;/h9,11,15H,4-8,10,12H2,1-3H3,(H,18,19);1H. The van der Waals surface area contributed by atoms with Crippen LogP contribution in [0.2, 0.25) is 5.02 Å². The van der Waals surface area contributed by atoms with Crippen LogP contribution >= 0.6 is 35.6 Å². The minimum absolute atomic E-state index is 0. The molecule has 0 aliphatic carbocycles. The quantitative estimate of drug-likeness (QED) is 0.422. The van der Waals surface area contributed by atoms with E-state index in [0.717, 1.165) is 49.3 Å². The Morgan fingerprint density at radius 1 is 1.52 bits per heavy atom. The fraction of sp³-hybridized carbons (Fsp3) is 0.688. The van der Waals surface area contributed by atoms with Crippen LogP contribution in [0.4, 0.5) is 0 Å². The van der Waals surface area contributed by atoms with Crippen molar-refractivity contribution in [3.05, 3.63) is 23.0 Å². The maximum atomic E-state index is 6.05. The van der Waals surface area contributed by atoms with Crippen molar-refractivity contribution in [3.63, 3.8) is 0 Å². The van der Waals surface area contributed by atoms with Crippen LogP contribution in [0.5, 0.6) is 0 Å². The minimum Gasteiger partial charge on any atom is -0.376 e. The molecule has 7 heteroatoms. The Hall–Kier alpha value is -0.470. The molecule has 1 N–H and O–H groups in total. The highest BCUT2D eigenvalue weighted by Gasteiger charge is 2.15. The van der Waals surface area contributed by atoms with Crippen LogP contribution in [-0.4, -0.2) is 48.3 Å². The summed E-state index contributed by atoms with van der Waals surface area (Å²) in [6.45, 7) is 5.29. The third-order valence-corrected chi connectivity index (χ3v) is 4.10. The number of aliphatic imine (C=N–C) groups is 1. The second-order valence-electron chi connectivity index (χ2n) is 5.80. The number of aryl methyl sites for hydroxylation is 1. The number of aromatic nitrogens is 1. The minimum atomic E-state index is 0. The molecule has 23 heavy (non-hydrogen) atoms. The Balaban J connectivity index is 0.00000264. The Bertz CT molecular complexity index is 500. The van der Waals surface area contributed by atoms with Gasteiger partial charge in [-0.2, -0.15) is 0 Å². The van der Waals surface area contributed by atoms with Crippen molar-refractivity contribution in [2.24, 2.45) is 12.0 Å². The van der Waals surface area contributed by atoms with Crippen molar-refractivity contribution in [2.45, 2.75) is 38.8 Å². The summed E-state index contributed by atoms with van der Waals surface area (Å²) in [5, 5.41) is 4.11. The SMILES string of the molecule is CCNC(=NCC1CCCCO1)N(C)Cc1cc(Cl)cn1C.I. The molecule has 1 unspecified atom stereocenters. The van der Waals surface area contributed by atoms with Crippen molar-refractivity contribution in [1.82, 2.24) is 14.8 Å². The molecule has 132 valence electrons. The maximum Gasteiger partial charge on any atom is 0.194 e. The van der Waals surface area contributed by atoms with Gasteiger partial charge in [0.1, 0.15) is 0 Å². The summed E-state index contributed by atoms with van der Waals surface area (Å²) in [7, 11) is 4.05.